The number of rotatable bonds is 5. The van der Waals surface area contributed by atoms with E-state index in [2.05, 4.69) is 10.6 Å². The van der Waals surface area contributed by atoms with Crippen molar-refractivity contribution < 1.29 is 18.7 Å². The summed E-state index contributed by atoms with van der Waals surface area (Å²) in [5, 5.41) is 6.98. The summed E-state index contributed by atoms with van der Waals surface area (Å²) in [6.45, 7) is 1.63. The Morgan fingerprint density at radius 1 is 1.09 bits per heavy atom. The van der Waals surface area contributed by atoms with Gasteiger partial charge in [0, 0.05) is 47.8 Å². The van der Waals surface area contributed by atoms with Gasteiger partial charge >= 0.3 is 6.09 Å². The first-order chi connectivity index (χ1) is 16.5. The number of carbonyl (C=O) groups excluding carboxylic acids is 2. The Bertz CT molecular complexity index is 1410. The zero-order valence-corrected chi connectivity index (χ0v) is 18.9. The zero-order chi connectivity index (χ0) is 23.4. The van der Waals surface area contributed by atoms with Crippen LogP contribution in [0.4, 0.5) is 20.6 Å². The number of hydrogen-bond donors (Lipinski definition) is 2. The number of carbonyl (C=O) groups is 2. The molecule has 0 aliphatic carbocycles. The second kappa shape index (κ2) is 8.14. The van der Waals surface area contributed by atoms with Crippen LogP contribution in [0.15, 0.2) is 52.2 Å². The minimum Gasteiger partial charge on any atom is -0.443 e. The lowest BCUT2D eigenvalue weighted by atomic mass is 9.99. The van der Waals surface area contributed by atoms with Crippen LogP contribution in [0.25, 0.3) is 10.9 Å². The molecule has 4 heterocycles. The third-order valence-electron chi connectivity index (χ3n) is 6.49. The number of thioether (sulfide) groups is 1. The number of aromatic nitrogens is 1. The summed E-state index contributed by atoms with van der Waals surface area (Å²) in [4.78, 5) is 39.0. The highest BCUT2D eigenvalue weighted by atomic mass is 32.2. The molecule has 2 N–H and O–H groups in total. The number of nitrogens with zero attached hydrogens (tertiary/aromatic N) is 2. The van der Waals surface area contributed by atoms with E-state index in [1.165, 1.54) is 23.9 Å². The number of pyridine rings is 1. The molecule has 8 nitrogen and oxygen atoms in total. The topological polar surface area (TPSA) is 92.7 Å². The van der Waals surface area contributed by atoms with E-state index in [4.69, 9.17) is 4.74 Å². The molecule has 0 saturated carbocycles. The maximum absolute atomic E-state index is 14.7. The molecule has 174 valence electrons. The third kappa shape index (κ3) is 3.54. The van der Waals surface area contributed by atoms with E-state index in [-0.39, 0.29) is 29.3 Å². The quantitative estimate of drug-likeness (QED) is 0.584. The average Bonchev–Trinajstić information content (AvgIpc) is 3.39. The van der Waals surface area contributed by atoms with Crippen molar-refractivity contribution in [2.75, 3.05) is 35.6 Å². The third-order valence-corrected chi connectivity index (χ3v) is 7.57. The number of anilines is 2. The molecule has 0 spiro atoms. The molecule has 1 aromatic heterocycles. The standard InChI is InChI=1S/C24H21FN4O4S/c25-17-4-1-13-2-6-21(31)29-10-14(22(17)23(13)29)8-26-9-16-11-28(24(32)33-16)15-3-5-19-18(7-15)27-20(30)12-34-19/h1-7,14,16,26H,8-12H2,(H,27,30)/t14-,16-/m0/s1. The van der Waals surface area contributed by atoms with Crippen LogP contribution in [-0.2, 0) is 16.1 Å². The number of benzene rings is 2. The number of halogens is 1. The molecule has 1 saturated heterocycles. The van der Waals surface area contributed by atoms with Crippen molar-refractivity contribution in [2.45, 2.75) is 23.5 Å². The number of amides is 2. The fourth-order valence-electron chi connectivity index (χ4n) is 4.94. The minimum absolute atomic E-state index is 0.0656. The molecule has 3 aromatic rings. The predicted molar refractivity (Wildman–Crippen MR) is 127 cm³/mol. The van der Waals surface area contributed by atoms with Gasteiger partial charge in [0.15, 0.2) is 0 Å². The Hall–Kier alpha value is -3.37. The highest BCUT2D eigenvalue weighted by Crippen LogP contribution is 2.36. The molecule has 0 radical (unpaired) electrons. The molecule has 3 aliphatic heterocycles. The molecule has 10 heteroatoms. The van der Waals surface area contributed by atoms with E-state index in [0.717, 1.165) is 10.3 Å². The Balaban J connectivity index is 1.12. The van der Waals surface area contributed by atoms with Gasteiger partial charge in [-0.1, -0.05) is 0 Å². The number of hydrogen-bond acceptors (Lipinski definition) is 6. The van der Waals surface area contributed by atoms with Crippen molar-refractivity contribution in [2.24, 2.45) is 0 Å². The van der Waals surface area contributed by atoms with Crippen LogP contribution in [-0.4, -0.2) is 48.1 Å². The minimum atomic E-state index is -0.447. The zero-order valence-electron chi connectivity index (χ0n) is 18.0. The molecule has 34 heavy (non-hydrogen) atoms. The SMILES string of the molecule is O=C1CSc2ccc(N3C[C@H](CNC[C@H]4Cn5c(=O)ccc6ccc(F)c4c65)OC3=O)cc2N1. The van der Waals surface area contributed by atoms with Gasteiger partial charge in [-0.05, 0) is 41.8 Å². The van der Waals surface area contributed by atoms with E-state index in [0.29, 0.717) is 54.4 Å². The van der Waals surface area contributed by atoms with Crippen LogP contribution in [0.5, 0.6) is 0 Å². The van der Waals surface area contributed by atoms with E-state index >= 15 is 0 Å². The summed E-state index contributed by atoms with van der Waals surface area (Å²) in [6, 6.07) is 11.9. The van der Waals surface area contributed by atoms with Gasteiger partial charge in [-0.3, -0.25) is 14.5 Å². The van der Waals surface area contributed by atoms with Crippen LogP contribution in [0.3, 0.4) is 0 Å². The van der Waals surface area contributed by atoms with Crippen molar-refractivity contribution in [3.63, 3.8) is 0 Å². The van der Waals surface area contributed by atoms with Gasteiger partial charge in [-0.2, -0.15) is 0 Å². The van der Waals surface area contributed by atoms with Crippen LogP contribution in [0.1, 0.15) is 11.5 Å². The summed E-state index contributed by atoms with van der Waals surface area (Å²) in [6.07, 6.45) is -0.822. The molecular formula is C24H21FN4O4S. The number of cyclic esters (lactones) is 1. The van der Waals surface area contributed by atoms with Gasteiger partial charge in [0.2, 0.25) is 5.91 Å². The lowest BCUT2D eigenvalue weighted by Gasteiger charge is -2.20. The van der Waals surface area contributed by atoms with Crippen molar-refractivity contribution in [1.82, 2.24) is 9.88 Å². The molecule has 3 aliphatic rings. The van der Waals surface area contributed by atoms with Crippen LogP contribution >= 0.6 is 11.8 Å². The fourth-order valence-corrected chi connectivity index (χ4v) is 5.73. The molecule has 0 bridgehead atoms. The smallest absolute Gasteiger partial charge is 0.414 e. The van der Waals surface area contributed by atoms with Gasteiger partial charge in [0.05, 0.1) is 23.5 Å². The maximum Gasteiger partial charge on any atom is 0.414 e. The number of nitrogens with one attached hydrogen (secondary N) is 2. The first-order valence-corrected chi connectivity index (χ1v) is 12.0. The van der Waals surface area contributed by atoms with Gasteiger partial charge in [0.1, 0.15) is 11.9 Å². The molecular weight excluding hydrogens is 459 g/mol. The number of ether oxygens (including phenoxy) is 1. The Morgan fingerprint density at radius 3 is 2.82 bits per heavy atom. The monoisotopic (exact) mass is 480 g/mol. The summed E-state index contributed by atoms with van der Waals surface area (Å²) >= 11 is 1.46. The van der Waals surface area contributed by atoms with Crippen LogP contribution in [0, 0.1) is 5.82 Å². The molecule has 2 amide bonds. The second-order valence-electron chi connectivity index (χ2n) is 8.67. The van der Waals surface area contributed by atoms with Gasteiger partial charge in [-0.15, -0.1) is 11.8 Å². The molecule has 0 unspecified atom stereocenters. The fraction of sp³-hybridized carbons (Fsp3) is 0.292. The molecule has 6 rings (SSSR count). The van der Waals surface area contributed by atoms with Gasteiger partial charge < -0.3 is 19.9 Å². The van der Waals surface area contributed by atoms with Gasteiger partial charge in [0.25, 0.3) is 5.56 Å². The van der Waals surface area contributed by atoms with E-state index in [1.807, 2.05) is 12.1 Å². The second-order valence-corrected chi connectivity index (χ2v) is 9.69. The summed E-state index contributed by atoms with van der Waals surface area (Å²) in [7, 11) is 0. The first kappa shape index (κ1) is 21.2. The first-order valence-electron chi connectivity index (χ1n) is 11.1. The average molecular weight is 481 g/mol. The molecule has 2 aromatic carbocycles. The molecule has 1 fully saturated rings. The van der Waals surface area contributed by atoms with Crippen molar-refractivity contribution in [3.05, 3.63) is 64.2 Å². The highest BCUT2D eigenvalue weighted by Gasteiger charge is 2.34. The van der Waals surface area contributed by atoms with Crippen molar-refractivity contribution in [1.29, 1.82) is 0 Å². The van der Waals surface area contributed by atoms with Crippen molar-refractivity contribution in [3.8, 4) is 0 Å². The maximum atomic E-state index is 14.7. The van der Waals surface area contributed by atoms with E-state index in [9.17, 15) is 18.8 Å². The predicted octanol–water partition coefficient (Wildman–Crippen LogP) is 2.90. The summed E-state index contributed by atoms with van der Waals surface area (Å²) in [5.74, 6) is -0.185. The largest absolute Gasteiger partial charge is 0.443 e. The summed E-state index contributed by atoms with van der Waals surface area (Å²) < 4.78 is 21.8. The highest BCUT2D eigenvalue weighted by molar-refractivity contribution is 8.00. The van der Waals surface area contributed by atoms with E-state index in [1.54, 1.807) is 27.7 Å². The molecule has 2 atom stereocenters. The van der Waals surface area contributed by atoms with Gasteiger partial charge in [-0.25, -0.2) is 9.18 Å². The Labute approximate surface area is 198 Å². The summed E-state index contributed by atoms with van der Waals surface area (Å²) in [5.41, 5.74) is 2.44. The Kier molecular flexibility index (Phi) is 5.07. The van der Waals surface area contributed by atoms with Crippen molar-refractivity contribution >= 4 is 46.0 Å². The normalized spacial score (nSPS) is 21.0. The Morgan fingerprint density at radius 2 is 1.94 bits per heavy atom. The van der Waals surface area contributed by atoms with E-state index < -0.39 is 6.09 Å². The van der Waals surface area contributed by atoms with Crippen LogP contribution < -0.4 is 21.1 Å². The van der Waals surface area contributed by atoms with Crippen LogP contribution in [0.2, 0.25) is 0 Å². The lowest BCUT2D eigenvalue weighted by Crippen LogP contribution is -2.33. The number of fused-ring (bicyclic) bond motifs is 1. The lowest BCUT2D eigenvalue weighted by molar-refractivity contribution is -0.113.